The summed E-state index contributed by atoms with van der Waals surface area (Å²) in [6, 6.07) is 8.59. The van der Waals surface area contributed by atoms with Crippen LogP contribution in [0.5, 0.6) is 0 Å². The first kappa shape index (κ1) is 21.8. The fourth-order valence-electron chi connectivity index (χ4n) is 3.78. The molecular formula is C23H22F2N8O. The normalized spacial score (nSPS) is 14.6. The van der Waals surface area contributed by atoms with Gasteiger partial charge in [0.25, 0.3) is 5.91 Å². The molecular weight excluding hydrogens is 442 g/mol. The summed E-state index contributed by atoms with van der Waals surface area (Å²) in [4.78, 5) is 30.5. The van der Waals surface area contributed by atoms with Gasteiger partial charge in [-0.3, -0.25) is 4.79 Å². The maximum atomic E-state index is 12.9. The van der Waals surface area contributed by atoms with E-state index in [9.17, 15) is 13.6 Å². The van der Waals surface area contributed by atoms with E-state index in [1.54, 1.807) is 42.7 Å². The first-order valence-corrected chi connectivity index (χ1v) is 10.8. The van der Waals surface area contributed by atoms with Crippen LogP contribution in [0.4, 0.5) is 20.4 Å². The second kappa shape index (κ2) is 9.10. The summed E-state index contributed by atoms with van der Waals surface area (Å²) in [5.74, 6) is 0.797. The van der Waals surface area contributed by atoms with Gasteiger partial charge in [0, 0.05) is 67.3 Å². The number of carbonyl (C=O) groups is 1. The number of carbonyl (C=O) groups excluding carboxylic acids is 1. The fraction of sp³-hybridized carbons (Fsp3) is 0.261. The summed E-state index contributed by atoms with van der Waals surface area (Å²) in [5, 5.41) is 7.21. The first-order valence-electron chi connectivity index (χ1n) is 10.8. The minimum Gasteiger partial charge on any atom is -0.354 e. The molecule has 9 nitrogen and oxygen atoms in total. The van der Waals surface area contributed by atoms with E-state index in [1.807, 2.05) is 0 Å². The Hall–Kier alpha value is -3.99. The molecule has 0 bridgehead atoms. The minimum absolute atomic E-state index is 0.306. The maximum absolute atomic E-state index is 12.9. The van der Waals surface area contributed by atoms with Crippen molar-refractivity contribution in [3.8, 4) is 11.3 Å². The number of halogens is 2. The van der Waals surface area contributed by atoms with Gasteiger partial charge in [-0.2, -0.15) is 13.9 Å². The first-order chi connectivity index (χ1) is 16.5. The number of amides is 1. The SMILES string of the molecule is CN1CCN(c2cc(C(=O)Nc3cc4nc(-c5cnn(C(F)F)c5)ccc4cn3)ccn2)CC1. The Balaban J connectivity index is 1.35. The van der Waals surface area contributed by atoms with Gasteiger partial charge in [-0.1, -0.05) is 0 Å². The number of likely N-dealkylation sites (N-methyl/N-ethyl adjacent to an activating group) is 1. The van der Waals surface area contributed by atoms with Crippen LogP contribution < -0.4 is 10.2 Å². The highest BCUT2D eigenvalue weighted by molar-refractivity contribution is 6.04. The van der Waals surface area contributed by atoms with Crippen LogP contribution in [0.25, 0.3) is 22.2 Å². The van der Waals surface area contributed by atoms with Crippen LogP contribution in [0.3, 0.4) is 0 Å². The van der Waals surface area contributed by atoms with Crippen molar-refractivity contribution in [3.63, 3.8) is 0 Å². The Bertz CT molecular complexity index is 1330. The van der Waals surface area contributed by atoms with Crippen molar-refractivity contribution in [1.29, 1.82) is 0 Å². The van der Waals surface area contributed by atoms with E-state index in [4.69, 9.17) is 0 Å². The molecule has 174 valence electrons. The lowest BCUT2D eigenvalue weighted by Gasteiger charge is -2.33. The molecule has 1 N–H and O–H groups in total. The lowest BCUT2D eigenvalue weighted by molar-refractivity contribution is 0.0566. The number of hydrogen-bond donors (Lipinski definition) is 1. The van der Waals surface area contributed by atoms with Crippen LogP contribution in [0.2, 0.25) is 0 Å². The minimum atomic E-state index is -2.72. The molecule has 1 amide bonds. The predicted molar refractivity (Wildman–Crippen MR) is 124 cm³/mol. The van der Waals surface area contributed by atoms with Crippen LogP contribution in [0.15, 0.2) is 55.1 Å². The number of fused-ring (bicyclic) bond motifs is 1. The molecule has 1 aliphatic heterocycles. The number of hydrogen-bond acceptors (Lipinski definition) is 7. The van der Waals surface area contributed by atoms with E-state index in [-0.39, 0.29) is 5.91 Å². The number of pyridine rings is 3. The summed E-state index contributed by atoms with van der Waals surface area (Å²) in [6.45, 7) is 0.870. The second-order valence-corrected chi connectivity index (χ2v) is 8.09. The fourth-order valence-corrected chi connectivity index (χ4v) is 3.78. The summed E-state index contributed by atoms with van der Waals surface area (Å²) in [6.07, 6.45) is 5.81. The molecule has 1 aliphatic rings. The Labute approximate surface area is 194 Å². The molecule has 11 heteroatoms. The van der Waals surface area contributed by atoms with E-state index in [0.29, 0.717) is 32.8 Å². The molecule has 4 aromatic heterocycles. The van der Waals surface area contributed by atoms with Gasteiger partial charge < -0.3 is 15.1 Å². The molecule has 0 aromatic carbocycles. The molecule has 4 aromatic rings. The third kappa shape index (κ3) is 4.55. The maximum Gasteiger partial charge on any atom is 0.333 e. The van der Waals surface area contributed by atoms with Crippen molar-refractivity contribution in [2.75, 3.05) is 43.4 Å². The molecule has 1 fully saturated rings. The molecule has 0 radical (unpaired) electrons. The quantitative estimate of drug-likeness (QED) is 0.485. The smallest absolute Gasteiger partial charge is 0.333 e. The molecule has 1 saturated heterocycles. The molecule has 34 heavy (non-hydrogen) atoms. The monoisotopic (exact) mass is 464 g/mol. The topological polar surface area (TPSA) is 92.1 Å². The molecule has 0 aliphatic carbocycles. The largest absolute Gasteiger partial charge is 0.354 e. The average molecular weight is 464 g/mol. The number of anilines is 2. The number of alkyl halides is 2. The van der Waals surface area contributed by atoms with Gasteiger partial charge in [-0.15, -0.1) is 0 Å². The average Bonchev–Trinajstić information content (AvgIpc) is 3.35. The van der Waals surface area contributed by atoms with Gasteiger partial charge >= 0.3 is 6.55 Å². The highest BCUT2D eigenvalue weighted by Gasteiger charge is 2.17. The van der Waals surface area contributed by atoms with Crippen molar-refractivity contribution < 1.29 is 13.6 Å². The zero-order valence-corrected chi connectivity index (χ0v) is 18.4. The number of nitrogens with one attached hydrogen (secondary N) is 1. The number of aromatic nitrogens is 5. The molecule has 0 unspecified atom stereocenters. The van der Waals surface area contributed by atoms with Gasteiger partial charge in [-0.25, -0.2) is 19.6 Å². The van der Waals surface area contributed by atoms with Gasteiger partial charge in [0.05, 0.1) is 17.4 Å². The van der Waals surface area contributed by atoms with E-state index in [0.717, 1.165) is 37.4 Å². The Kier molecular flexibility index (Phi) is 5.84. The summed E-state index contributed by atoms with van der Waals surface area (Å²) >= 11 is 0. The highest BCUT2D eigenvalue weighted by atomic mass is 19.3. The van der Waals surface area contributed by atoms with Crippen LogP contribution in [0.1, 0.15) is 16.9 Å². The molecule has 0 atom stereocenters. The Morgan fingerprint density at radius 3 is 2.65 bits per heavy atom. The summed E-state index contributed by atoms with van der Waals surface area (Å²) < 4.78 is 26.2. The third-order valence-corrected chi connectivity index (χ3v) is 5.75. The molecule has 5 rings (SSSR count). The lowest BCUT2D eigenvalue weighted by Crippen LogP contribution is -2.44. The summed E-state index contributed by atoms with van der Waals surface area (Å²) in [5.41, 5.74) is 2.01. The van der Waals surface area contributed by atoms with Crippen molar-refractivity contribution in [2.24, 2.45) is 0 Å². The molecule has 0 saturated carbocycles. The van der Waals surface area contributed by atoms with Crippen molar-refractivity contribution in [1.82, 2.24) is 29.6 Å². The standard InChI is InChI=1S/C23H22F2N8O/c1-31-6-8-32(9-7-31)21-10-15(4-5-26-21)22(34)30-20-11-19-16(12-27-20)2-3-18(29-19)17-13-28-33(14-17)23(24)25/h2-5,10-14,23H,6-9H2,1H3,(H,27,30,34). The van der Waals surface area contributed by atoms with Crippen molar-refractivity contribution in [3.05, 3.63) is 60.7 Å². The van der Waals surface area contributed by atoms with Gasteiger partial charge in [0.2, 0.25) is 0 Å². The number of nitrogens with zero attached hydrogens (tertiary/aromatic N) is 7. The van der Waals surface area contributed by atoms with Gasteiger partial charge in [-0.05, 0) is 31.3 Å². The van der Waals surface area contributed by atoms with E-state index >= 15 is 0 Å². The predicted octanol–water partition coefficient (Wildman–Crippen LogP) is 3.29. The van der Waals surface area contributed by atoms with E-state index in [1.165, 1.54) is 12.4 Å². The van der Waals surface area contributed by atoms with Crippen LogP contribution in [-0.4, -0.2) is 68.8 Å². The van der Waals surface area contributed by atoms with Crippen LogP contribution in [-0.2, 0) is 0 Å². The molecule has 0 spiro atoms. The van der Waals surface area contributed by atoms with E-state index in [2.05, 4.69) is 42.2 Å². The van der Waals surface area contributed by atoms with Crippen LogP contribution >= 0.6 is 0 Å². The highest BCUT2D eigenvalue weighted by Crippen LogP contribution is 2.23. The molecule has 5 heterocycles. The zero-order valence-electron chi connectivity index (χ0n) is 18.4. The van der Waals surface area contributed by atoms with Crippen LogP contribution in [0, 0.1) is 0 Å². The zero-order chi connectivity index (χ0) is 23.7. The van der Waals surface area contributed by atoms with Crippen molar-refractivity contribution >= 4 is 28.4 Å². The van der Waals surface area contributed by atoms with Gasteiger partial charge in [0.1, 0.15) is 11.6 Å². The number of piperazine rings is 1. The van der Waals surface area contributed by atoms with Gasteiger partial charge in [0.15, 0.2) is 0 Å². The lowest BCUT2D eigenvalue weighted by atomic mass is 10.2. The third-order valence-electron chi connectivity index (χ3n) is 5.75. The second-order valence-electron chi connectivity index (χ2n) is 8.09. The Morgan fingerprint density at radius 1 is 1.06 bits per heavy atom. The number of rotatable bonds is 5. The van der Waals surface area contributed by atoms with E-state index < -0.39 is 6.55 Å². The summed E-state index contributed by atoms with van der Waals surface area (Å²) in [7, 11) is 2.08. The Morgan fingerprint density at radius 2 is 1.88 bits per heavy atom. The van der Waals surface area contributed by atoms with Crippen molar-refractivity contribution in [2.45, 2.75) is 6.55 Å².